The minimum atomic E-state index is -0.648. The Morgan fingerprint density at radius 1 is 0.966 bits per heavy atom. The van der Waals surface area contributed by atoms with E-state index in [0.717, 1.165) is 21.6 Å². The van der Waals surface area contributed by atoms with Crippen molar-refractivity contribution in [3.05, 3.63) is 98.7 Å². The topological polar surface area (TPSA) is 57.6 Å². The lowest BCUT2D eigenvalue weighted by atomic mass is 9.94. The molecule has 1 N–H and O–H groups in total. The average Bonchev–Trinajstić information content (AvgIpc) is 3.31. The number of aliphatic hydroxyl groups is 1. The second-order valence-electron chi connectivity index (χ2n) is 7.28. The van der Waals surface area contributed by atoms with Crippen molar-refractivity contribution in [1.29, 1.82) is 0 Å². The van der Waals surface area contributed by atoms with E-state index in [0.29, 0.717) is 12.1 Å². The quantitative estimate of drug-likeness (QED) is 0.379. The Morgan fingerprint density at radius 3 is 2.17 bits per heavy atom. The Hall–Kier alpha value is -3.18. The van der Waals surface area contributed by atoms with Crippen LogP contribution < -0.4 is 0 Å². The number of hydrogen-bond donors (Lipinski definition) is 1. The van der Waals surface area contributed by atoms with Gasteiger partial charge in [0.25, 0.3) is 11.7 Å². The van der Waals surface area contributed by atoms with Crippen LogP contribution in [0.1, 0.15) is 33.2 Å². The number of amides is 1. The fourth-order valence-electron chi connectivity index (χ4n) is 3.58. The van der Waals surface area contributed by atoms with Gasteiger partial charge in [0.15, 0.2) is 0 Å². The minimum Gasteiger partial charge on any atom is -0.507 e. The molecule has 0 aliphatic carbocycles. The van der Waals surface area contributed by atoms with Crippen LogP contribution in [0.2, 0.25) is 0 Å². The second kappa shape index (κ2) is 7.68. The predicted molar refractivity (Wildman–Crippen MR) is 115 cm³/mol. The van der Waals surface area contributed by atoms with Gasteiger partial charge in [0.1, 0.15) is 5.76 Å². The third-order valence-electron chi connectivity index (χ3n) is 5.16. The molecule has 0 saturated carbocycles. The molecule has 1 aliphatic heterocycles. The largest absolute Gasteiger partial charge is 0.507 e. The van der Waals surface area contributed by atoms with Crippen molar-refractivity contribution in [2.45, 2.75) is 26.4 Å². The number of likely N-dealkylation sites (tertiary alicyclic amines) is 1. The first-order chi connectivity index (χ1) is 14.0. The highest BCUT2D eigenvalue weighted by atomic mass is 32.1. The van der Waals surface area contributed by atoms with Gasteiger partial charge >= 0.3 is 0 Å². The van der Waals surface area contributed by atoms with E-state index in [1.807, 2.05) is 67.8 Å². The highest BCUT2D eigenvalue weighted by molar-refractivity contribution is 7.09. The average molecular weight is 404 g/mol. The Bertz CT molecular complexity index is 1080. The normalized spacial score (nSPS) is 18.4. The predicted octanol–water partition coefficient (Wildman–Crippen LogP) is 4.99. The molecule has 1 saturated heterocycles. The molecule has 4 rings (SSSR count). The standard InChI is InChI=1S/C24H21NO3S/c1-15-5-9-17(10-6-15)21-20(22(26)18-11-7-16(2)8-12-18)23(27)24(28)25(21)14-19-4-3-13-29-19/h3-13,21,26H,14H2,1-2H3/b22-20+. The van der Waals surface area contributed by atoms with Crippen molar-refractivity contribution < 1.29 is 14.7 Å². The number of carbonyl (C=O) groups is 2. The molecule has 1 atom stereocenters. The SMILES string of the molecule is Cc1ccc(/C(O)=C2\C(=O)C(=O)N(Cc3cccs3)C2c2ccc(C)cc2)cc1. The molecule has 3 aromatic rings. The lowest BCUT2D eigenvalue weighted by Gasteiger charge is -2.25. The zero-order valence-electron chi connectivity index (χ0n) is 16.3. The summed E-state index contributed by atoms with van der Waals surface area (Å²) in [5.74, 6) is -1.37. The third kappa shape index (κ3) is 3.61. The number of carbonyl (C=O) groups excluding carboxylic acids is 2. The van der Waals surface area contributed by atoms with Crippen molar-refractivity contribution in [1.82, 2.24) is 4.90 Å². The van der Waals surface area contributed by atoms with Crippen LogP contribution >= 0.6 is 11.3 Å². The van der Waals surface area contributed by atoms with Crippen LogP contribution in [0.5, 0.6) is 0 Å². The van der Waals surface area contributed by atoms with E-state index in [1.165, 1.54) is 11.3 Å². The van der Waals surface area contributed by atoms with Gasteiger partial charge in [0, 0.05) is 10.4 Å². The Kier molecular flexibility index (Phi) is 5.07. The smallest absolute Gasteiger partial charge is 0.295 e. The highest BCUT2D eigenvalue weighted by Gasteiger charge is 2.46. The molecule has 1 amide bonds. The lowest BCUT2D eigenvalue weighted by molar-refractivity contribution is -0.140. The van der Waals surface area contributed by atoms with Gasteiger partial charge in [-0.25, -0.2) is 0 Å². The van der Waals surface area contributed by atoms with Gasteiger partial charge in [-0.05, 0) is 30.9 Å². The van der Waals surface area contributed by atoms with Crippen LogP contribution in [0.3, 0.4) is 0 Å². The number of rotatable bonds is 4. The van der Waals surface area contributed by atoms with Gasteiger partial charge in [0.05, 0.1) is 18.2 Å². The molecule has 0 bridgehead atoms. The molecule has 2 aromatic carbocycles. The molecule has 4 nitrogen and oxygen atoms in total. The van der Waals surface area contributed by atoms with E-state index in [2.05, 4.69) is 0 Å². The maximum atomic E-state index is 13.0. The number of ketones is 1. The molecule has 2 heterocycles. The molecule has 1 fully saturated rings. The van der Waals surface area contributed by atoms with Crippen LogP contribution in [0, 0.1) is 13.8 Å². The van der Waals surface area contributed by atoms with Crippen LogP contribution in [0.15, 0.2) is 71.6 Å². The van der Waals surface area contributed by atoms with Crippen LogP contribution in [-0.4, -0.2) is 21.7 Å². The summed E-state index contributed by atoms with van der Waals surface area (Å²) in [6.07, 6.45) is 0. The molecule has 0 radical (unpaired) electrons. The Balaban J connectivity index is 1.86. The summed E-state index contributed by atoms with van der Waals surface area (Å²) in [4.78, 5) is 28.4. The molecule has 29 heavy (non-hydrogen) atoms. The molecular weight excluding hydrogens is 382 g/mol. The van der Waals surface area contributed by atoms with E-state index in [1.54, 1.807) is 17.0 Å². The van der Waals surface area contributed by atoms with Gasteiger partial charge in [-0.15, -0.1) is 11.3 Å². The molecule has 5 heteroatoms. The summed E-state index contributed by atoms with van der Waals surface area (Å²) >= 11 is 1.54. The van der Waals surface area contributed by atoms with E-state index < -0.39 is 17.7 Å². The number of thiophene rings is 1. The number of hydrogen-bond acceptors (Lipinski definition) is 4. The molecule has 1 unspecified atom stereocenters. The van der Waals surface area contributed by atoms with Gasteiger partial charge in [-0.1, -0.05) is 65.7 Å². The van der Waals surface area contributed by atoms with Crippen molar-refractivity contribution in [2.75, 3.05) is 0 Å². The van der Waals surface area contributed by atoms with Crippen LogP contribution in [-0.2, 0) is 16.1 Å². The maximum absolute atomic E-state index is 13.0. The summed E-state index contributed by atoms with van der Waals surface area (Å²) in [6, 6.07) is 18.2. The molecule has 146 valence electrons. The molecule has 0 spiro atoms. The number of benzene rings is 2. The fourth-order valence-corrected chi connectivity index (χ4v) is 4.28. The zero-order valence-corrected chi connectivity index (χ0v) is 17.1. The van der Waals surface area contributed by atoms with E-state index in [-0.39, 0.29) is 11.3 Å². The van der Waals surface area contributed by atoms with Crippen LogP contribution in [0.25, 0.3) is 5.76 Å². The van der Waals surface area contributed by atoms with E-state index >= 15 is 0 Å². The first-order valence-electron chi connectivity index (χ1n) is 9.40. The number of nitrogens with zero attached hydrogens (tertiary/aromatic N) is 1. The van der Waals surface area contributed by atoms with E-state index in [9.17, 15) is 14.7 Å². The first kappa shape index (κ1) is 19.2. The number of aryl methyl sites for hydroxylation is 2. The lowest BCUT2D eigenvalue weighted by Crippen LogP contribution is -2.28. The van der Waals surface area contributed by atoms with Crippen molar-refractivity contribution in [2.24, 2.45) is 0 Å². The van der Waals surface area contributed by atoms with Gasteiger partial charge in [-0.2, -0.15) is 0 Å². The third-order valence-corrected chi connectivity index (χ3v) is 6.03. The summed E-state index contributed by atoms with van der Waals surface area (Å²) in [6.45, 7) is 4.26. The molecular formula is C24H21NO3S. The highest BCUT2D eigenvalue weighted by Crippen LogP contribution is 2.40. The number of aliphatic hydroxyl groups excluding tert-OH is 1. The molecule has 1 aromatic heterocycles. The zero-order chi connectivity index (χ0) is 20.5. The minimum absolute atomic E-state index is 0.136. The van der Waals surface area contributed by atoms with Gasteiger partial charge in [0.2, 0.25) is 0 Å². The summed E-state index contributed by atoms with van der Waals surface area (Å²) in [7, 11) is 0. The van der Waals surface area contributed by atoms with Gasteiger partial charge in [-0.3, -0.25) is 9.59 Å². The molecule has 1 aliphatic rings. The Morgan fingerprint density at radius 2 is 1.59 bits per heavy atom. The fraction of sp³-hybridized carbons (Fsp3) is 0.167. The first-order valence-corrected chi connectivity index (χ1v) is 10.3. The monoisotopic (exact) mass is 403 g/mol. The summed E-state index contributed by atoms with van der Waals surface area (Å²) < 4.78 is 0. The number of Topliss-reactive ketones (excluding diaryl/α,β-unsaturated/α-hetero) is 1. The Labute approximate surface area is 173 Å². The van der Waals surface area contributed by atoms with Crippen molar-refractivity contribution >= 4 is 28.8 Å². The van der Waals surface area contributed by atoms with Crippen molar-refractivity contribution in [3.63, 3.8) is 0 Å². The second-order valence-corrected chi connectivity index (χ2v) is 8.32. The maximum Gasteiger partial charge on any atom is 0.295 e. The van der Waals surface area contributed by atoms with Crippen molar-refractivity contribution in [3.8, 4) is 0 Å². The van der Waals surface area contributed by atoms with E-state index in [4.69, 9.17) is 0 Å². The summed E-state index contributed by atoms with van der Waals surface area (Å²) in [5, 5.41) is 13.0. The van der Waals surface area contributed by atoms with Crippen LogP contribution in [0.4, 0.5) is 0 Å². The summed E-state index contributed by atoms with van der Waals surface area (Å²) in [5.41, 5.74) is 3.61. The van der Waals surface area contributed by atoms with Gasteiger partial charge < -0.3 is 10.0 Å².